The molecule has 0 bridgehead atoms. The van der Waals surface area contributed by atoms with Crippen LogP contribution in [0.5, 0.6) is 0 Å². The molecule has 0 aliphatic rings. The molecule has 0 atom stereocenters. The van der Waals surface area contributed by atoms with Gasteiger partial charge in [0.2, 0.25) is 0 Å². The van der Waals surface area contributed by atoms with Crippen LogP contribution in [0.15, 0.2) is 28.4 Å². The van der Waals surface area contributed by atoms with Gasteiger partial charge in [0.1, 0.15) is 10.7 Å². The van der Waals surface area contributed by atoms with Crippen molar-refractivity contribution in [2.75, 3.05) is 0 Å². The molecule has 1 heterocycles. The zero-order valence-corrected chi connectivity index (χ0v) is 10.6. The summed E-state index contributed by atoms with van der Waals surface area (Å²) in [5.41, 5.74) is 1.84. The van der Waals surface area contributed by atoms with Gasteiger partial charge in [0.05, 0.1) is 11.1 Å². The van der Waals surface area contributed by atoms with Crippen LogP contribution in [0.4, 0.5) is 0 Å². The molecule has 0 unspecified atom stereocenters. The van der Waals surface area contributed by atoms with Gasteiger partial charge in [-0.2, -0.15) is 10.4 Å². The Hall–Kier alpha value is -1.93. The van der Waals surface area contributed by atoms with Crippen molar-refractivity contribution in [3.63, 3.8) is 0 Å². The van der Waals surface area contributed by atoms with E-state index in [1.807, 2.05) is 24.3 Å². The number of carbonyl (C=O) groups excluding carboxylic acids is 1. The molecule has 0 aliphatic heterocycles. The topological polar surface area (TPSA) is 69.5 Å². The number of nitriles is 1. The van der Waals surface area contributed by atoms with Gasteiger partial charge in [0.25, 0.3) is 0 Å². The van der Waals surface area contributed by atoms with E-state index in [0.29, 0.717) is 4.60 Å². The Bertz CT molecular complexity index is 664. The maximum absolute atomic E-state index is 11.1. The molecule has 2 rings (SSSR count). The van der Waals surface area contributed by atoms with Gasteiger partial charge in [-0.05, 0) is 46.6 Å². The monoisotopic (exact) mass is 289 g/mol. The average Bonchev–Trinajstić information content (AvgIpc) is 2.67. The molecular formula is C12H8BrN3O. The van der Waals surface area contributed by atoms with E-state index in [1.165, 1.54) is 6.92 Å². The fourth-order valence-electron chi connectivity index (χ4n) is 1.47. The van der Waals surface area contributed by atoms with Gasteiger partial charge < -0.3 is 0 Å². The predicted molar refractivity (Wildman–Crippen MR) is 68.1 cm³/mol. The Labute approximate surface area is 106 Å². The molecule has 0 amide bonds. The van der Waals surface area contributed by atoms with Gasteiger partial charge in [-0.1, -0.05) is 6.07 Å². The number of halogens is 1. The van der Waals surface area contributed by atoms with Crippen molar-refractivity contribution in [3.8, 4) is 6.07 Å². The summed E-state index contributed by atoms with van der Waals surface area (Å²) in [6.07, 6.45) is 1.57. The highest BCUT2D eigenvalue weighted by Gasteiger charge is 2.05. The molecular weight excluding hydrogens is 282 g/mol. The van der Waals surface area contributed by atoms with Gasteiger partial charge in [-0.25, -0.2) is 0 Å². The normalized spacial score (nSPS) is 11.5. The standard InChI is InChI=1S/C12H8BrN3O/c1-7(17)9(6-14)4-8-2-3-11-10(5-8)12(13)16-15-11/h2-5H,1H3,(H,15,16)/b9-4+. The smallest absolute Gasteiger partial charge is 0.170 e. The summed E-state index contributed by atoms with van der Waals surface area (Å²) in [6.45, 7) is 1.38. The molecule has 5 heteroatoms. The van der Waals surface area contributed by atoms with Gasteiger partial charge in [-0.3, -0.25) is 9.89 Å². The highest BCUT2D eigenvalue weighted by molar-refractivity contribution is 9.10. The highest BCUT2D eigenvalue weighted by atomic mass is 79.9. The number of hydrogen-bond acceptors (Lipinski definition) is 3. The number of hydrogen-bond donors (Lipinski definition) is 1. The van der Waals surface area contributed by atoms with E-state index in [0.717, 1.165) is 16.5 Å². The number of Topliss-reactive ketones (excluding diaryl/α,β-unsaturated/α-hetero) is 1. The second kappa shape index (κ2) is 4.52. The van der Waals surface area contributed by atoms with Crippen LogP contribution < -0.4 is 0 Å². The number of nitrogens with one attached hydrogen (secondary N) is 1. The molecule has 0 radical (unpaired) electrons. The van der Waals surface area contributed by atoms with E-state index >= 15 is 0 Å². The molecule has 1 N–H and O–H groups in total. The van der Waals surface area contributed by atoms with Gasteiger partial charge >= 0.3 is 0 Å². The van der Waals surface area contributed by atoms with Crippen molar-refractivity contribution in [1.82, 2.24) is 10.2 Å². The third-order valence-corrected chi connectivity index (χ3v) is 2.96. The lowest BCUT2D eigenvalue weighted by molar-refractivity contribution is -0.113. The van der Waals surface area contributed by atoms with Crippen molar-refractivity contribution >= 4 is 38.7 Å². The largest absolute Gasteiger partial charge is 0.294 e. The fourth-order valence-corrected chi connectivity index (χ4v) is 1.89. The molecule has 0 spiro atoms. The molecule has 0 aliphatic carbocycles. The van der Waals surface area contributed by atoms with Gasteiger partial charge in [-0.15, -0.1) is 0 Å². The summed E-state index contributed by atoms with van der Waals surface area (Å²) in [7, 11) is 0. The summed E-state index contributed by atoms with van der Waals surface area (Å²) in [5.74, 6) is -0.237. The van der Waals surface area contributed by atoms with Crippen molar-refractivity contribution in [2.24, 2.45) is 0 Å². The van der Waals surface area contributed by atoms with Gasteiger partial charge in [0.15, 0.2) is 5.78 Å². The molecule has 17 heavy (non-hydrogen) atoms. The predicted octanol–water partition coefficient (Wildman–Crippen LogP) is 2.82. The zero-order chi connectivity index (χ0) is 12.4. The van der Waals surface area contributed by atoms with Gasteiger partial charge in [0, 0.05) is 5.39 Å². The van der Waals surface area contributed by atoms with E-state index < -0.39 is 0 Å². The number of nitrogens with zero attached hydrogens (tertiary/aromatic N) is 2. The first-order valence-corrected chi connectivity index (χ1v) is 5.67. The fraction of sp³-hybridized carbons (Fsp3) is 0.0833. The summed E-state index contributed by atoms with van der Waals surface area (Å²) in [4.78, 5) is 11.1. The molecule has 0 saturated carbocycles. The summed E-state index contributed by atoms with van der Waals surface area (Å²) < 4.78 is 0.712. The number of H-pyrrole nitrogens is 1. The number of fused-ring (bicyclic) bond motifs is 1. The number of rotatable bonds is 2. The minimum absolute atomic E-state index is 0.143. The number of benzene rings is 1. The first-order chi connectivity index (χ1) is 8.11. The van der Waals surface area contributed by atoms with Crippen molar-refractivity contribution in [2.45, 2.75) is 6.92 Å². The molecule has 4 nitrogen and oxygen atoms in total. The lowest BCUT2D eigenvalue weighted by atomic mass is 10.1. The van der Waals surface area contributed by atoms with Crippen molar-refractivity contribution in [1.29, 1.82) is 5.26 Å². The Morgan fingerprint density at radius 1 is 1.59 bits per heavy atom. The van der Waals surface area contributed by atoms with Crippen LogP contribution in [0.25, 0.3) is 17.0 Å². The maximum Gasteiger partial charge on any atom is 0.170 e. The van der Waals surface area contributed by atoms with Crippen LogP contribution in [0, 0.1) is 11.3 Å². The molecule has 1 aromatic heterocycles. The van der Waals surface area contributed by atoms with E-state index in [1.54, 1.807) is 6.08 Å². The minimum Gasteiger partial charge on any atom is -0.294 e. The van der Waals surface area contributed by atoms with Crippen LogP contribution in [-0.4, -0.2) is 16.0 Å². The second-order valence-corrected chi connectivity index (χ2v) is 4.30. The lowest BCUT2D eigenvalue weighted by Gasteiger charge is -1.96. The van der Waals surface area contributed by atoms with Crippen LogP contribution >= 0.6 is 15.9 Å². The van der Waals surface area contributed by atoms with Crippen molar-refractivity contribution < 1.29 is 4.79 Å². The van der Waals surface area contributed by atoms with Crippen LogP contribution in [-0.2, 0) is 4.79 Å². The SMILES string of the molecule is CC(=O)/C(C#N)=C/c1ccc2[nH]nc(Br)c2c1. The van der Waals surface area contributed by atoms with Crippen LogP contribution in [0.3, 0.4) is 0 Å². The minimum atomic E-state index is -0.237. The first kappa shape index (κ1) is 11.6. The molecule has 0 fully saturated rings. The highest BCUT2D eigenvalue weighted by Crippen LogP contribution is 2.23. The summed E-state index contributed by atoms with van der Waals surface area (Å²) in [5, 5.41) is 16.6. The lowest BCUT2D eigenvalue weighted by Crippen LogP contribution is -1.92. The average molecular weight is 290 g/mol. The summed E-state index contributed by atoms with van der Waals surface area (Å²) >= 11 is 3.32. The van der Waals surface area contributed by atoms with Crippen LogP contribution in [0.2, 0.25) is 0 Å². The Kier molecular flexibility index (Phi) is 3.07. The van der Waals surface area contributed by atoms with E-state index in [9.17, 15) is 4.79 Å². The van der Waals surface area contributed by atoms with Crippen LogP contribution in [0.1, 0.15) is 12.5 Å². The molecule has 84 valence electrons. The van der Waals surface area contributed by atoms with Crippen molar-refractivity contribution in [3.05, 3.63) is 33.9 Å². The Morgan fingerprint density at radius 3 is 3.00 bits per heavy atom. The van der Waals surface area contributed by atoms with E-state index in [2.05, 4.69) is 26.1 Å². The Balaban J connectivity index is 2.54. The number of ketones is 1. The second-order valence-electron chi connectivity index (χ2n) is 3.55. The zero-order valence-electron chi connectivity index (χ0n) is 8.99. The molecule has 1 aromatic carbocycles. The van der Waals surface area contributed by atoms with E-state index in [4.69, 9.17) is 5.26 Å². The molecule has 2 aromatic rings. The number of aromatic amines is 1. The Morgan fingerprint density at radius 2 is 2.35 bits per heavy atom. The number of aromatic nitrogens is 2. The number of allylic oxidation sites excluding steroid dienone is 1. The maximum atomic E-state index is 11.1. The molecule has 0 saturated heterocycles. The first-order valence-electron chi connectivity index (χ1n) is 4.88. The quantitative estimate of drug-likeness (QED) is 0.683. The third-order valence-electron chi connectivity index (χ3n) is 2.35. The summed E-state index contributed by atoms with van der Waals surface area (Å²) in [6, 6.07) is 7.43. The third kappa shape index (κ3) is 2.27. The number of carbonyl (C=O) groups is 1. The van der Waals surface area contributed by atoms with E-state index in [-0.39, 0.29) is 11.4 Å².